The van der Waals surface area contributed by atoms with Crippen molar-refractivity contribution in [2.75, 3.05) is 13.2 Å². The Morgan fingerprint density at radius 2 is 2.22 bits per heavy atom. The Labute approximate surface area is 113 Å². The fourth-order valence-corrected chi connectivity index (χ4v) is 6.97. The molecule has 1 amide bonds. The first kappa shape index (κ1) is 15.9. The smallest absolute Gasteiger partial charge is 0.418 e. The van der Waals surface area contributed by atoms with Crippen LogP contribution >= 0.6 is 18.1 Å². The number of nitrogens with zero attached hydrogens (tertiary/aromatic N) is 1. The van der Waals surface area contributed by atoms with Gasteiger partial charge in [0, 0.05) is 5.25 Å². The van der Waals surface area contributed by atoms with Crippen molar-refractivity contribution in [2.45, 2.75) is 51.8 Å². The minimum atomic E-state index is -3.19. The maximum absolute atomic E-state index is 12.9. The molecule has 3 unspecified atom stereocenters. The van der Waals surface area contributed by atoms with Crippen molar-refractivity contribution in [3.63, 3.8) is 0 Å². The Kier molecular flexibility index (Phi) is 6.02. The van der Waals surface area contributed by atoms with Gasteiger partial charge >= 0.3 is 12.8 Å². The zero-order valence-corrected chi connectivity index (χ0v) is 13.1. The molecule has 0 aromatic heterocycles. The van der Waals surface area contributed by atoms with E-state index in [0.29, 0.717) is 19.6 Å². The van der Waals surface area contributed by atoms with Gasteiger partial charge in [-0.1, -0.05) is 20.8 Å². The topological polar surface area (TPSA) is 55.8 Å². The van der Waals surface area contributed by atoms with Crippen molar-refractivity contribution in [3.05, 3.63) is 0 Å². The van der Waals surface area contributed by atoms with Gasteiger partial charge in [0.15, 0.2) is 0 Å². The number of hydrogen-bond acceptors (Lipinski definition) is 5. The molecule has 0 bridgehead atoms. The molecule has 0 saturated carbocycles. The highest BCUT2D eigenvalue weighted by atomic mass is 32.7. The van der Waals surface area contributed by atoms with Crippen LogP contribution in [-0.4, -0.2) is 35.3 Å². The lowest BCUT2D eigenvalue weighted by molar-refractivity contribution is 0.167. The number of ether oxygens (including phenoxy) is 1. The van der Waals surface area contributed by atoms with Crippen LogP contribution in [0.25, 0.3) is 0 Å². The van der Waals surface area contributed by atoms with E-state index in [9.17, 15) is 9.36 Å². The summed E-state index contributed by atoms with van der Waals surface area (Å²) >= 11 is 1.25. The van der Waals surface area contributed by atoms with E-state index in [1.807, 2.05) is 20.8 Å². The van der Waals surface area contributed by atoms with Crippen LogP contribution in [0.4, 0.5) is 4.79 Å². The van der Waals surface area contributed by atoms with E-state index in [4.69, 9.17) is 9.26 Å². The zero-order chi connectivity index (χ0) is 13.8. The highest BCUT2D eigenvalue weighted by molar-refractivity contribution is 8.56. The van der Waals surface area contributed by atoms with E-state index in [1.165, 1.54) is 16.1 Å². The predicted molar refractivity (Wildman–Crippen MR) is 73.8 cm³/mol. The largest absolute Gasteiger partial charge is 0.447 e. The molecule has 0 aromatic carbocycles. The second-order valence-electron chi connectivity index (χ2n) is 4.19. The molecule has 7 heteroatoms. The molecule has 106 valence electrons. The normalized spacial score (nSPS) is 24.8. The molecule has 18 heavy (non-hydrogen) atoms. The van der Waals surface area contributed by atoms with Gasteiger partial charge in [0.05, 0.1) is 12.6 Å². The van der Waals surface area contributed by atoms with E-state index in [0.717, 1.165) is 6.42 Å². The van der Waals surface area contributed by atoms with Gasteiger partial charge in [-0.05, 0) is 31.1 Å². The van der Waals surface area contributed by atoms with E-state index in [1.54, 1.807) is 6.92 Å². The average molecular weight is 295 g/mol. The molecule has 0 N–H and O–H groups in total. The van der Waals surface area contributed by atoms with Crippen molar-refractivity contribution < 1.29 is 18.6 Å². The van der Waals surface area contributed by atoms with Crippen LogP contribution in [0.5, 0.6) is 0 Å². The molecule has 0 aromatic rings. The van der Waals surface area contributed by atoms with Crippen molar-refractivity contribution >= 4 is 24.2 Å². The lowest BCUT2D eigenvalue weighted by atomic mass is 10.3. The first-order chi connectivity index (χ1) is 8.48. The summed E-state index contributed by atoms with van der Waals surface area (Å²) in [6.07, 6.45) is 1.07. The number of amides is 1. The van der Waals surface area contributed by atoms with E-state index in [-0.39, 0.29) is 11.3 Å². The van der Waals surface area contributed by atoms with Crippen LogP contribution in [-0.2, 0) is 13.8 Å². The summed E-state index contributed by atoms with van der Waals surface area (Å²) in [6, 6.07) is -0.147. The summed E-state index contributed by atoms with van der Waals surface area (Å²) in [4.78, 5) is 11.8. The Hall–Kier alpha value is -0.190. The minimum Gasteiger partial charge on any atom is -0.447 e. The van der Waals surface area contributed by atoms with Gasteiger partial charge in [-0.15, -0.1) is 0 Å². The monoisotopic (exact) mass is 295 g/mol. The predicted octanol–water partition coefficient (Wildman–Crippen LogP) is 3.89. The van der Waals surface area contributed by atoms with Crippen LogP contribution in [0, 0.1) is 0 Å². The number of cyclic esters (lactones) is 1. The maximum Gasteiger partial charge on any atom is 0.418 e. The van der Waals surface area contributed by atoms with Crippen molar-refractivity contribution in [3.8, 4) is 0 Å². The third-order valence-corrected chi connectivity index (χ3v) is 8.13. The van der Waals surface area contributed by atoms with Crippen molar-refractivity contribution in [1.29, 1.82) is 0 Å². The van der Waals surface area contributed by atoms with Gasteiger partial charge in [-0.25, -0.2) is 9.46 Å². The van der Waals surface area contributed by atoms with Gasteiger partial charge in [0.25, 0.3) is 0 Å². The zero-order valence-electron chi connectivity index (χ0n) is 11.4. The Balaban J connectivity index is 2.94. The molecule has 3 atom stereocenters. The van der Waals surface area contributed by atoms with Gasteiger partial charge in [-0.2, -0.15) is 0 Å². The Morgan fingerprint density at radius 3 is 2.72 bits per heavy atom. The van der Waals surface area contributed by atoms with E-state index >= 15 is 0 Å². The molecule has 0 aliphatic carbocycles. The molecular formula is C11H22NO4PS. The number of hydrogen-bond donors (Lipinski definition) is 0. The van der Waals surface area contributed by atoms with E-state index in [2.05, 4.69) is 0 Å². The summed E-state index contributed by atoms with van der Waals surface area (Å²) in [5.41, 5.74) is 0. The number of rotatable bonds is 7. The molecule has 1 aliphatic rings. The van der Waals surface area contributed by atoms with Crippen LogP contribution in [0.15, 0.2) is 0 Å². The van der Waals surface area contributed by atoms with E-state index < -0.39 is 12.8 Å². The first-order valence-corrected chi connectivity index (χ1v) is 9.44. The van der Waals surface area contributed by atoms with Crippen molar-refractivity contribution in [2.24, 2.45) is 0 Å². The molecule has 1 heterocycles. The molecule has 1 saturated heterocycles. The van der Waals surface area contributed by atoms with Crippen molar-refractivity contribution in [1.82, 2.24) is 4.67 Å². The maximum atomic E-state index is 12.9. The van der Waals surface area contributed by atoms with Crippen LogP contribution < -0.4 is 0 Å². The summed E-state index contributed by atoms with van der Waals surface area (Å²) in [5, 5.41) is 0.174. The fourth-order valence-electron chi connectivity index (χ4n) is 1.65. The average Bonchev–Trinajstić information content (AvgIpc) is 2.71. The lowest BCUT2D eigenvalue weighted by Crippen LogP contribution is -2.30. The second-order valence-corrected chi connectivity index (χ2v) is 8.85. The quantitative estimate of drug-likeness (QED) is 0.667. The molecule has 0 spiro atoms. The van der Waals surface area contributed by atoms with Gasteiger partial charge < -0.3 is 9.26 Å². The standard InChI is InChI=1S/C11H22NO4PS/c1-5-9(4)18-17(14,16-7-3)12-10(6-2)8-15-11(12)13/h9-10H,5-8H2,1-4H3. The fraction of sp³-hybridized carbons (Fsp3) is 0.909. The molecule has 5 nitrogen and oxygen atoms in total. The first-order valence-electron chi connectivity index (χ1n) is 6.37. The molecule has 0 radical (unpaired) electrons. The summed E-state index contributed by atoms with van der Waals surface area (Å²) in [5.74, 6) is 0. The summed E-state index contributed by atoms with van der Waals surface area (Å²) in [7, 11) is 0. The van der Waals surface area contributed by atoms with Gasteiger partial charge in [-0.3, -0.25) is 4.57 Å². The highest BCUT2D eigenvalue weighted by Crippen LogP contribution is 2.66. The second kappa shape index (κ2) is 6.83. The lowest BCUT2D eigenvalue weighted by Gasteiger charge is -2.29. The van der Waals surface area contributed by atoms with Crippen LogP contribution in [0.1, 0.15) is 40.5 Å². The van der Waals surface area contributed by atoms with Crippen LogP contribution in [0.3, 0.4) is 0 Å². The Morgan fingerprint density at radius 1 is 1.56 bits per heavy atom. The molecular weight excluding hydrogens is 273 g/mol. The number of carbonyl (C=O) groups excluding carboxylic acids is 1. The number of carbonyl (C=O) groups is 1. The van der Waals surface area contributed by atoms with Gasteiger partial charge in [0.2, 0.25) is 0 Å². The highest BCUT2D eigenvalue weighted by Gasteiger charge is 2.46. The minimum absolute atomic E-state index is 0.147. The molecule has 1 fully saturated rings. The summed E-state index contributed by atoms with van der Waals surface area (Å²) in [6.45, 7) is 5.16. The van der Waals surface area contributed by atoms with Crippen LogP contribution in [0.2, 0.25) is 0 Å². The van der Waals surface area contributed by atoms with Gasteiger partial charge in [0.1, 0.15) is 6.61 Å². The SMILES string of the molecule is CCOP(=O)(SC(C)CC)N1C(=O)OCC1CC. The third-order valence-electron chi connectivity index (χ3n) is 2.85. The third kappa shape index (κ3) is 3.43. The molecule has 1 rings (SSSR count). The summed E-state index contributed by atoms with van der Waals surface area (Å²) < 4.78 is 24.7. The Bertz CT molecular complexity index is 339. The molecule has 1 aliphatic heterocycles.